The van der Waals surface area contributed by atoms with E-state index in [4.69, 9.17) is 9.26 Å². The number of nitrogens with zero attached hydrogens (tertiary/aromatic N) is 3. The van der Waals surface area contributed by atoms with Crippen molar-refractivity contribution in [1.82, 2.24) is 19.9 Å². The summed E-state index contributed by atoms with van der Waals surface area (Å²) in [6, 6.07) is 12.8. The number of carbonyl (C=O) groups excluding carboxylic acids is 2. The lowest BCUT2D eigenvalue weighted by Crippen LogP contribution is -2.50. The molecule has 0 radical (unpaired) electrons. The molecule has 4 rings (SSSR count). The Morgan fingerprint density at radius 3 is 2.86 bits per heavy atom. The highest BCUT2D eigenvalue weighted by Crippen LogP contribution is 2.19. The molecule has 150 valence electrons. The van der Waals surface area contributed by atoms with E-state index in [9.17, 15) is 9.59 Å². The van der Waals surface area contributed by atoms with Crippen LogP contribution in [0.4, 0.5) is 0 Å². The number of hydrogen-bond acceptors (Lipinski definition) is 5. The maximum Gasteiger partial charge on any atom is 0.273 e. The lowest BCUT2D eigenvalue weighted by Gasteiger charge is -2.33. The standard InChI is InChI=1S/C21H22N4O4/c1-14-17(13-28-16-7-4-3-5-8-16)19(23-29-14)20(26)22-11-15-12-25-10-6-9-18(25)21(27)24(15)2/h3-10,15H,11-13H2,1-2H3,(H,22,26). The van der Waals surface area contributed by atoms with Crippen molar-refractivity contribution in [1.29, 1.82) is 0 Å². The molecular weight excluding hydrogens is 372 g/mol. The van der Waals surface area contributed by atoms with E-state index in [2.05, 4.69) is 10.5 Å². The van der Waals surface area contributed by atoms with Crippen LogP contribution in [-0.4, -0.2) is 46.1 Å². The fourth-order valence-corrected chi connectivity index (χ4v) is 3.37. The second-order valence-electron chi connectivity index (χ2n) is 6.99. The fourth-order valence-electron chi connectivity index (χ4n) is 3.37. The van der Waals surface area contributed by atoms with Crippen molar-refractivity contribution in [2.24, 2.45) is 0 Å². The predicted octanol–water partition coefficient (Wildman–Crippen LogP) is 2.25. The van der Waals surface area contributed by atoms with Gasteiger partial charge in [-0.1, -0.05) is 23.4 Å². The van der Waals surface area contributed by atoms with Crippen molar-refractivity contribution in [2.45, 2.75) is 26.1 Å². The van der Waals surface area contributed by atoms with Gasteiger partial charge in [-0.05, 0) is 31.2 Å². The quantitative estimate of drug-likeness (QED) is 0.693. The Morgan fingerprint density at radius 1 is 1.28 bits per heavy atom. The summed E-state index contributed by atoms with van der Waals surface area (Å²) in [5.41, 5.74) is 1.46. The van der Waals surface area contributed by atoms with E-state index in [1.165, 1.54) is 0 Å². The normalized spacial score (nSPS) is 15.9. The van der Waals surface area contributed by atoms with Crippen LogP contribution in [0.15, 0.2) is 53.2 Å². The van der Waals surface area contributed by atoms with Crippen LogP contribution < -0.4 is 10.1 Å². The molecule has 29 heavy (non-hydrogen) atoms. The molecule has 8 nitrogen and oxygen atoms in total. The number of ether oxygens (including phenoxy) is 1. The van der Waals surface area contributed by atoms with Gasteiger partial charge in [0.1, 0.15) is 23.8 Å². The van der Waals surface area contributed by atoms with Gasteiger partial charge in [0.05, 0.1) is 11.6 Å². The van der Waals surface area contributed by atoms with E-state index >= 15 is 0 Å². The van der Waals surface area contributed by atoms with Crippen LogP contribution in [-0.2, 0) is 13.2 Å². The monoisotopic (exact) mass is 394 g/mol. The second kappa shape index (κ2) is 7.83. The van der Waals surface area contributed by atoms with Crippen molar-refractivity contribution >= 4 is 11.8 Å². The highest BCUT2D eigenvalue weighted by molar-refractivity contribution is 5.95. The van der Waals surface area contributed by atoms with Crippen molar-refractivity contribution in [3.8, 4) is 5.75 Å². The molecular formula is C21H22N4O4. The van der Waals surface area contributed by atoms with Gasteiger partial charge < -0.3 is 24.0 Å². The van der Waals surface area contributed by atoms with Crippen molar-refractivity contribution in [2.75, 3.05) is 13.6 Å². The van der Waals surface area contributed by atoms with Gasteiger partial charge in [0.2, 0.25) is 0 Å². The number of benzene rings is 1. The first-order chi connectivity index (χ1) is 14.0. The van der Waals surface area contributed by atoms with Gasteiger partial charge in [0, 0.05) is 26.3 Å². The van der Waals surface area contributed by atoms with Crippen LogP contribution in [0.3, 0.4) is 0 Å². The van der Waals surface area contributed by atoms with E-state index in [1.807, 2.05) is 47.2 Å². The molecule has 0 saturated heterocycles. The van der Waals surface area contributed by atoms with E-state index in [0.29, 0.717) is 35.9 Å². The minimum absolute atomic E-state index is 0.0604. The minimum Gasteiger partial charge on any atom is -0.489 e. The highest BCUT2D eigenvalue weighted by atomic mass is 16.5. The first kappa shape index (κ1) is 18.8. The summed E-state index contributed by atoms with van der Waals surface area (Å²) in [5, 5.41) is 6.77. The van der Waals surface area contributed by atoms with Gasteiger partial charge in [-0.2, -0.15) is 0 Å². The van der Waals surface area contributed by atoms with Crippen LogP contribution in [0.25, 0.3) is 0 Å². The Hall–Kier alpha value is -3.55. The van der Waals surface area contributed by atoms with Crippen LogP contribution in [0.5, 0.6) is 5.75 Å². The molecule has 1 unspecified atom stereocenters. The molecule has 3 aromatic rings. The third kappa shape index (κ3) is 3.73. The molecule has 0 spiro atoms. The lowest BCUT2D eigenvalue weighted by molar-refractivity contribution is 0.0644. The van der Waals surface area contributed by atoms with Gasteiger partial charge in [-0.25, -0.2) is 0 Å². The zero-order valence-electron chi connectivity index (χ0n) is 16.3. The van der Waals surface area contributed by atoms with Crippen LogP contribution in [0, 0.1) is 6.92 Å². The number of aryl methyl sites for hydroxylation is 1. The Labute approximate surface area is 168 Å². The van der Waals surface area contributed by atoms with Gasteiger partial charge in [0.15, 0.2) is 5.69 Å². The Bertz CT molecular complexity index is 1020. The number of nitrogens with one attached hydrogen (secondary N) is 1. The van der Waals surface area contributed by atoms with E-state index < -0.39 is 0 Å². The minimum atomic E-state index is -0.354. The number of aromatic nitrogens is 2. The Kier molecular flexibility index (Phi) is 5.07. The molecule has 0 bridgehead atoms. The van der Waals surface area contributed by atoms with Gasteiger partial charge in [-0.3, -0.25) is 9.59 Å². The molecule has 0 saturated carbocycles. The number of likely N-dealkylation sites (N-methyl/N-ethyl adjacent to an activating group) is 1. The summed E-state index contributed by atoms with van der Waals surface area (Å²) in [6.07, 6.45) is 1.87. The number of amides is 2. The highest BCUT2D eigenvalue weighted by Gasteiger charge is 2.30. The van der Waals surface area contributed by atoms with Crippen molar-refractivity contribution < 1.29 is 18.8 Å². The maximum atomic E-state index is 12.7. The molecule has 2 amide bonds. The largest absolute Gasteiger partial charge is 0.489 e. The number of para-hydroxylation sites is 1. The Morgan fingerprint density at radius 2 is 2.07 bits per heavy atom. The molecule has 1 aliphatic rings. The van der Waals surface area contributed by atoms with E-state index in [1.54, 1.807) is 24.9 Å². The zero-order valence-corrected chi connectivity index (χ0v) is 16.3. The zero-order chi connectivity index (χ0) is 20.4. The van der Waals surface area contributed by atoms with Crippen LogP contribution in [0.1, 0.15) is 32.3 Å². The third-order valence-corrected chi connectivity index (χ3v) is 5.15. The lowest BCUT2D eigenvalue weighted by atomic mass is 10.1. The van der Waals surface area contributed by atoms with E-state index in [-0.39, 0.29) is 30.2 Å². The molecule has 2 aromatic heterocycles. The van der Waals surface area contributed by atoms with Gasteiger partial charge >= 0.3 is 0 Å². The first-order valence-corrected chi connectivity index (χ1v) is 9.38. The molecule has 1 atom stereocenters. The maximum absolute atomic E-state index is 12.7. The van der Waals surface area contributed by atoms with Crippen LogP contribution in [0.2, 0.25) is 0 Å². The smallest absolute Gasteiger partial charge is 0.273 e. The first-order valence-electron chi connectivity index (χ1n) is 9.38. The van der Waals surface area contributed by atoms with Crippen molar-refractivity contribution in [3.05, 3.63) is 71.4 Å². The second-order valence-corrected chi connectivity index (χ2v) is 6.99. The SMILES string of the molecule is Cc1onc(C(=O)NCC2Cn3cccc3C(=O)N2C)c1COc1ccccc1. The third-order valence-electron chi connectivity index (χ3n) is 5.15. The van der Waals surface area contributed by atoms with Gasteiger partial charge in [-0.15, -0.1) is 0 Å². The summed E-state index contributed by atoms with van der Waals surface area (Å²) in [4.78, 5) is 26.8. The number of carbonyl (C=O) groups is 2. The average molecular weight is 394 g/mol. The summed E-state index contributed by atoms with van der Waals surface area (Å²) < 4.78 is 12.9. The molecule has 8 heteroatoms. The predicted molar refractivity (Wildman–Crippen MR) is 105 cm³/mol. The average Bonchev–Trinajstić information content (AvgIpc) is 3.35. The fraction of sp³-hybridized carbons (Fsp3) is 0.286. The molecule has 0 aliphatic carbocycles. The van der Waals surface area contributed by atoms with Crippen LogP contribution >= 0.6 is 0 Å². The summed E-state index contributed by atoms with van der Waals surface area (Å²) in [5.74, 6) is 0.819. The molecule has 1 aromatic carbocycles. The van der Waals surface area contributed by atoms with Crippen molar-refractivity contribution in [3.63, 3.8) is 0 Å². The number of fused-ring (bicyclic) bond motifs is 1. The van der Waals surface area contributed by atoms with E-state index in [0.717, 1.165) is 0 Å². The summed E-state index contributed by atoms with van der Waals surface area (Å²) >= 11 is 0. The topological polar surface area (TPSA) is 89.6 Å². The summed E-state index contributed by atoms with van der Waals surface area (Å²) in [7, 11) is 1.75. The van der Waals surface area contributed by atoms with Gasteiger partial charge in [0.25, 0.3) is 11.8 Å². The molecule has 1 N–H and O–H groups in total. The number of hydrogen-bond donors (Lipinski definition) is 1. The molecule has 1 aliphatic heterocycles. The number of rotatable bonds is 6. The molecule has 3 heterocycles. The molecule has 0 fully saturated rings. The summed E-state index contributed by atoms with van der Waals surface area (Å²) in [6.45, 7) is 2.85. The Balaban J connectivity index is 1.41.